The van der Waals surface area contributed by atoms with E-state index in [1.165, 1.54) is 173 Å². The van der Waals surface area contributed by atoms with Crippen LogP contribution < -0.4 is 0 Å². The summed E-state index contributed by atoms with van der Waals surface area (Å²) in [6.45, 7) is 14.2. The average Bonchev–Trinajstić information content (AvgIpc) is 2.18. The van der Waals surface area contributed by atoms with Crippen molar-refractivity contribution in [2.45, 2.75) is 395 Å². The lowest BCUT2D eigenvalue weighted by Gasteiger charge is -2.21. The summed E-state index contributed by atoms with van der Waals surface area (Å²) in [7, 11) is -9.91. The van der Waals surface area contributed by atoms with Gasteiger partial charge in [0.25, 0.3) is 0 Å². The first-order valence-electron chi connectivity index (χ1n) is 38.8. The normalized spacial score (nSPS) is 14.7. The number of unbranched alkanes of at least 4 members (excludes halogenated alkanes) is 36. The second-order valence-corrected chi connectivity index (χ2v) is 31.4. The van der Waals surface area contributed by atoms with Crippen LogP contribution in [0.5, 0.6) is 0 Å². The van der Waals surface area contributed by atoms with Crippen molar-refractivity contribution in [2.75, 3.05) is 39.6 Å². The molecule has 0 fully saturated rings. The fourth-order valence-corrected chi connectivity index (χ4v) is 12.9. The number of rotatable bonds is 72. The van der Waals surface area contributed by atoms with Gasteiger partial charge in [-0.15, -0.1) is 0 Å². The number of phosphoric ester groups is 2. The third-order valence-electron chi connectivity index (χ3n) is 18.0. The molecule has 0 aromatic carbocycles. The monoisotopic (exact) mass is 1380 g/mol. The van der Waals surface area contributed by atoms with Gasteiger partial charge in [-0.25, -0.2) is 9.13 Å². The zero-order valence-electron chi connectivity index (χ0n) is 61.6. The number of phosphoric acid groups is 2. The minimum Gasteiger partial charge on any atom is -0.462 e. The Morgan fingerprint density at radius 1 is 0.298 bits per heavy atom. The van der Waals surface area contributed by atoms with Gasteiger partial charge >= 0.3 is 39.5 Å². The predicted octanol–water partition coefficient (Wildman–Crippen LogP) is 21.7. The third kappa shape index (κ3) is 66.0. The second-order valence-electron chi connectivity index (χ2n) is 28.5. The highest BCUT2D eigenvalue weighted by Gasteiger charge is 2.30. The third-order valence-corrected chi connectivity index (χ3v) is 19.9. The molecule has 0 heterocycles. The van der Waals surface area contributed by atoms with Crippen LogP contribution >= 0.6 is 15.6 Å². The summed E-state index contributed by atoms with van der Waals surface area (Å²) in [5.74, 6) is 0.956. The van der Waals surface area contributed by atoms with Crippen molar-refractivity contribution >= 4 is 39.5 Å². The van der Waals surface area contributed by atoms with Crippen molar-refractivity contribution in [1.29, 1.82) is 0 Å². The number of aliphatic hydroxyl groups is 1. The van der Waals surface area contributed by atoms with Gasteiger partial charge in [0.05, 0.1) is 26.4 Å². The number of esters is 4. The van der Waals surface area contributed by atoms with Crippen LogP contribution in [0.25, 0.3) is 0 Å². The van der Waals surface area contributed by atoms with E-state index in [4.69, 9.17) is 37.0 Å². The molecule has 558 valence electrons. The molecule has 0 saturated heterocycles. The van der Waals surface area contributed by atoms with E-state index in [1.807, 2.05) is 0 Å². The Balaban J connectivity index is 5.24. The summed E-state index contributed by atoms with van der Waals surface area (Å²) in [5.41, 5.74) is 0. The number of hydrogen-bond acceptors (Lipinski definition) is 15. The van der Waals surface area contributed by atoms with E-state index in [0.29, 0.717) is 25.7 Å². The van der Waals surface area contributed by atoms with Crippen LogP contribution in [0.3, 0.4) is 0 Å². The first kappa shape index (κ1) is 92.1. The lowest BCUT2D eigenvalue weighted by atomic mass is 9.99. The Morgan fingerprint density at radius 3 is 0.755 bits per heavy atom. The standard InChI is InChI=1S/C75H146O17P2/c1-9-67(7)53-45-37-29-22-18-13-11-12-14-19-23-31-41-49-57-74(79)91-70(61-85-72(77)55-47-39-30-26-25-28-36-44-52-66(5)6)63-89-93(81,82)87-59-69(76)60-88-94(83,84)90-64-71(62-86-73(78)56-48-40-34-33-38-46-54-68(8)10-2)92-75(80)58-50-42-32-24-20-16-15-17-21-27-35-43-51-65(3)4/h65-71,76H,9-64H2,1-8H3,(H,81,82)(H,83,84)/t67?,68?,69-,70-,71-/m1/s1. The number of carbonyl (C=O) groups excluding carboxylic acids is 4. The number of ether oxygens (including phenoxy) is 4. The van der Waals surface area contributed by atoms with Gasteiger partial charge in [0.15, 0.2) is 12.2 Å². The maximum atomic E-state index is 13.1. The summed E-state index contributed by atoms with van der Waals surface area (Å²) in [6, 6.07) is 0. The van der Waals surface area contributed by atoms with Crippen LogP contribution in [0.1, 0.15) is 376 Å². The van der Waals surface area contributed by atoms with Gasteiger partial charge < -0.3 is 33.8 Å². The van der Waals surface area contributed by atoms with Gasteiger partial charge in [-0.3, -0.25) is 37.3 Å². The maximum absolute atomic E-state index is 13.1. The van der Waals surface area contributed by atoms with Crippen molar-refractivity contribution < 1.29 is 80.2 Å². The number of aliphatic hydroxyl groups excluding tert-OH is 1. The van der Waals surface area contributed by atoms with Crippen molar-refractivity contribution in [1.82, 2.24) is 0 Å². The quantitative estimate of drug-likeness (QED) is 0.0222. The molecule has 0 amide bonds. The Bertz CT molecular complexity index is 1850. The molecule has 3 N–H and O–H groups in total. The van der Waals surface area contributed by atoms with E-state index in [9.17, 15) is 43.2 Å². The van der Waals surface area contributed by atoms with Crippen LogP contribution in [0, 0.1) is 23.7 Å². The van der Waals surface area contributed by atoms with Gasteiger partial charge in [0.1, 0.15) is 19.3 Å². The maximum Gasteiger partial charge on any atom is 0.472 e. The van der Waals surface area contributed by atoms with E-state index in [0.717, 1.165) is 120 Å². The van der Waals surface area contributed by atoms with Crippen molar-refractivity contribution in [2.24, 2.45) is 23.7 Å². The second kappa shape index (κ2) is 64.4. The fraction of sp³-hybridized carbons (Fsp3) is 0.947. The summed E-state index contributed by atoms with van der Waals surface area (Å²) in [4.78, 5) is 72.8. The Morgan fingerprint density at radius 2 is 0.511 bits per heavy atom. The molecular formula is C75H146O17P2. The van der Waals surface area contributed by atoms with E-state index in [-0.39, 0.29) is 25.7 Å². The molecule has 19 heteroatoms. The first-order chi connectivity index (χ1) is 45.2. The first-order valence-corrected chi connectivity index (χ1v) is 41.8. The van der Waals surface area contributed by atoms with Gasteiger partial charge in [-0.2, -0.15) is 0 Å². The summed E-state index contributed by atoms with van der Waals surface area (Å²) >= 11 is 0. The van der Waals surface area contributed by atoms with Gasteiger partial charge in [0.2, 0.25) is 0 Å². The van der Waals surface area contributed by atoms with Crippen LogP contribution in [0.15, 0.2) is 0 Å². The SMILES string of the molecule is CCC(C)CCCCCCCCCCCCCCCCC(=O)O[C@H](COC(=O)CCCCCCCCCCC(C)C)COP(=O)(O)OC[C@@H](O)COP(=O)(O)OC[C@@H](COC(=O)CCCCCCCCC(C)CC)OC(=O)CCCCCCCCCCCCCCC(C)C. The van der Waals surface area contributed by atoms with Crippen LogP contribution in [-0.4, -0.2) is 96.7 Å². The molecule has 0 bridgehead atoms. The zero-order valence-corrected chi connectivity index (χ0v) is 63.4. The van der Waals surface area contributed by atoms with E-state index >= 15 is 0 Å². The lowest BCUT2D eigenvalue weighted by molar-refractivity contribution is -0.161. The minimum atomic E-state index is -4.96. The lowest BCUT2D eigenvalue weighted by Crippen LogP contribution is -2.30. The molecule has 17 nitrogen and oxygen atoms in total. The Labute approximate surface area is 575 Å². The average molecular weight is 1380 g/mol. The van der Waals surface area contributed by atoms with Gasteiger partial charge in [0, 0.05) is 25.7 Å². The van der Waals surface area contributed by atoms with E-state index in [2.05, 4.69) is 55.4 Å². The molecule has 7 atom stereocenters. The molecule has 0 rings (SSSR count). The van der Waals surface area contributed by atoms with Gasteiger partial charge in [-0.1, -0.05) is 325 Å². The van der Waals surface area contributed by atoms with Crippen molar-refractivity contribution in [3.8, 4) is 0 Å². The molecule has 0 aliphatic rings. The van der Waals surface area contributed by atoms with E-state index < -0.39 is 97.5 Å². The molecule has 0 saturated carbocycles. The summed E-state index contributed by atoms with van der Waals surface area (Å²) < 4.78 is 68.5. The Kier molecular flexibility index (Phi) is 63.1. The minimum absolute atomic E-state index is 0.105. The van der Waals surface area contributed by atoms with Crippen LogP contribution in [-0.2, 0) is 65.4 Å². The molecule has 0 aliphatic carbocycles. The fourth-order valence-electron chi connectivity index (χ4n) is 11.3. The molecule has 0 aromatic heterocycles. The molecule has 0 radical (unpaired) electrons. The van der Waals surface area contributed by atoms with E-state index in [1.54, 1.807) is 0 Å². The molecule has 4 unspecified atom stereocenters. The molecular weight excluding hydrogens is 1230 g/mol. The smallest absolute Gasteiger partial charge is 0.462 e. The summed E-state index contributed by atoms with van der Waals surface area (Å²) in [6.07, 6.45) is 48.5. The molecule has 0 aromatic rings. The highest BCUT2D eigenvalue weighted by atomic mass is 31.2. The number of carbonyl (C=O) groups is 4. The Hall–Kier alpha value is -1.94. The topological polar surface area (TPSA) is 237 Å². The number of hydrogen-bond donors (Lipinski definition) is 3. The predicted molar refractivity (Wildman–Crippen MR) is 381 cm³/mol. The molecule has 0 spiro atoms. The van der Waals surface area contributed by atoms with Crippen molar-refractivity contribution in [3.05, 3.63) is 0 Å². The van der Waals surface area contributed by atoms with Crippen LogP contribution in [0.2, 0.25) is 0 Å². The highest BCUT2D eigenvalue weighted by Crippen LogP contribution is 2.45. The highest BCUT2D eigenvalue weighted by molar-refractivity contribution is 7.47. The molecule has 0 aliphatic heterocycles. The van der Waals surface area contributed by atoms with Crippen LogP contribution in [0.4, 0.5) is 0 Å². The van der Waals surface area contributed by atoms with Gasteiger partial charge in [-0.05, 0) is 49.4 Å². The largest absolute Gasteiger partial charge is 0.472 e. The van der Waals surface area contributed by atoms with Crippen molar-refractivity contribution in [3.63, 3.8) is 0 Å². The summed E-state index contributed by atoms with van der Waals surface area (Å²) in [5, 5.41) is 10.6. The molecule has 94 heavy (non-hydrogen) atoms. The zero-order chi connectivity index (χ0) is 69.6.